The lowest BCUT2D eigenvalue weighted by Gasteiger charge is -2.11. The van der Waals surface area contributed by atoms with Crippen molar-refractivity contribution in [3.63, 3.8) is 0 Å². The quantitative estimate of drug-likeness (QED) is 0.536. The molecule has 1 aromatic carbocycles. The molecule has 4 N–H and O–H groups in total. The molecule has 0 aliphatic heterocycles. The fraction of sp³-hybridized carbons (Fsp3) is 0.333. The van der Waals surface area contributed by atoms with Crippen LogP contribution in [-0.4, -0.2) is 34.4 Å². The Morgan fingerprint density at radius 1 is 1.26 bits per heavy atom. The Morgan fingerprint density at radius 2 is 1.96 bits per heavy atom. The lowest BCUT2D eigenvalue weighted by atomic mass is 9.95. The topological polar surface area (TPSA) is 122 Å². The number of benzene rings is 1. The highest BCUT2D eigenvalue weighted by Gasteiger charge is 2.21. The van der Waals surface area contributed by atoms with Gasteiger partial charge < -0.3 is 16.2 Å². The van der Waals surface area contributed by atoms with Crippen molar-refractivity contribution >= 4 is 29.1 Å². The highest BCUT2D eigenvalue weighted by molar-refractivity contribution is 7.13. The molecule has 0 fully saturated rings. The first-order valence-corrected chi connectivity index (χ1v) is 9.21. The molecule has 0 spiro atoms. The summed E-state index contributed by atoms with van der Waals surface area (Å²) in [4.78, 5) is 38.5. The minimum atomic E-state index is -1.05. The molecule has 7 nitrogen and oxygen atoms in total. The van der Waals surface area contributed by atoms with Gasteiger partial charge in [0.15, 0.2) is 0 Å². The number of nitrogens with one attached hydrogen (secondary N) is 1. The first kappa shape index (κ1) is 20.5. The number of primary amides is 1. The second kappa shape index (κ2) is 9.77. The predicted octanol–water partition coefficient (Wildman–Crippen LogP) is 2.60. The van der Waals surface area contributed by atoms with E-state index in [1.54, 1.807) is 17.5 Å². The van der Waals surface area contributed by atoms with E-state index in [2.05, 4.69) is 10.3 Å². The molecule has 0 unspecified atom stereocenters. The number of aromatic nitrogens is 1. The lowest BCUT2D eigenvalue weighted by molar-refractivity contribution is -0.144. The first-order valence-electron chi connectivity index (χ1n) is 8.33. The average Bonchev–Trinajstić information content (AvgIpc) is 3.06. The number of halogens is 1. The standard InChI is InChI=1S/C18H20FN3O4S/c19-13-5-3-11(4-6-13)16-22-14(10-27-16)9-15(23)8-12(17(24)25)2-1-7-21-18(20)26/h3-6,10,12H,1-2,7-9H2,(H,24,25)(H3,20,21,26)/t12-/m1/s1. The maximum absolute atomic E-state index is 13.0. The summed E-state index contributed by atoms with van der Waals surface area (Å²) in [6, 6.07) is 5.23. The molecule has 0 aliphatic rings. The smallest absolute Gasteiger partial charge is 0.312 e. The molecular weight excluding hydrogens is 373 g/mol. The van der Waals surface area contributed by atoms with Gasteiger partial charge in [-0.3, -0.25) is 9.59 Å². The van der Waals surface area contributed by atoms with E-state index < -0.39 is 17.9 Å². The van der Waals surface area contributed by atoms with Gasteiger partial charge in [-0.05, 0) is 37.1 Å². The van der Waals surface area contributed by atoms with Gasteiger partial charge >= 0.3 is 12.0 Å². The van der Waals surface area contributed by atoms with Gasteiger partial charge in [0.25, 0.3) is 0 Å². The van der Waals surface area contributed by atoms with Gasteiger partial charge in [0.05, 0.1) is 11.6 Å². The molecule has 0 radical (unpaired) electrons. The van der Waals surface area contributed by atoms with Crippen LogP contribution in [0.1, 0.15) is 25.0 Å². The summed E-state index contributed by atoms with van der Waals surface area (Å²) in [6.07, 6.45) is 0.619. The van der Waals surface area contributed by atoms with Crippen LogP contribution in [0, 0.1) is 11.7 Å². The van der Waals surface area contributed by atoms with E-state index in [1.807, 2.05) is 0 Å². The predicted molar refractivity (Wildman–Crippen MR) is 98.8 cm³/mol. The van der Waals surface area contributed by atoms with Crippen molar-refractivity contribution < 1.29 is 23.9 Å². The van der Waals surface area contributed by atoms with Crippen LogP contribution in [0.5, 0.6) is 0 Å². The Hall–Kier alpha value is -2.81. The molecule has 1 atom stereocenters. The van der Waals surface area contributed by atoms with Crippen LogP contribution in [0.2, 0.25) is 0 Å². The third-order valence-electron chi connectivity index (χ3n) is 3.87. The normalized spacial score (nSPS) is 11.7. The van der Waals surface area contributed by atoms with E-state index in [9.17, 15) is 23.9 Å². The van der Waals surface area contributed by atoms with E-state index in [0.717, 1.165) is 5.56 Å². The van der Waals surface area contributed by atoms with E-state index in [4.69, 9.17) is 5.73 Å². The highest BCUT2D eigenvalue weighted by Crippen LogP contribution is 2.24. The number of amides is 2. The highest BCUT2D eigenvalue weighted by atomic mass is 32.1. The van der Waals surface area contributed by atoms with E-state index in [0.29, 0.717) is 17.1 Å². The number of hydrogen-bond acceptors (Lipinski definition) is 5. The first-order chi connectivity index (χ1) is 12.8. The Kier molecular flexibility index (Phi) is 7.42. The molecule has 2 amide bonds. The largest absolute Gasteiger partial charge is 0.481 e. The third-order valence-corrected chi connectivity index (χ3v) is 4.81. The molecule has 27 heavy (non-hydrogen) atoms. The number of rotatable bonds is 10. The summed E-state index contributed by atoms with van der Waals surface area (Å²) in [5, 5.41) is 14.1. The SMILES string of the molecule is NC(=O)NCCC[C@H](CC(=O)Cc1csc(-c2ccc(F)cc2)n1)C(=O)O. The summed E-state index contributed by atoms with van der Waals surface area (Å²) >= 11 is 1.34. The molecule has 1 aromatic heterocycles. The molecule has 144 valence electrons. The number of urea groups is 1. The monoisotopic (exact) mass is 393 g/mol. The van der Waals surface area contributed by atoms with Gasteiger partial charge in [-0.2, -0.15) is 0 Å². The van der Waals surface area contributed by atoms with E-state index >= 15 is 0 Å². The zero-order chi connectivity index (χ0) is 19.8. The Bertz CT molecular complexity index is 807. The van der Waals surface area contributed by atoms with Gasteiger partial charge in [0, 0.05) is 30.3 Å². The summed E-state index contributed by atoms with van der Waals surface area (Å²) < 4.78 is 13.0. The molecule has 2 rings (SSSR count). The lowest BCUT2D eigenvalue weighted by Crippen LogP contribution is -2.30. The van der Waals surface area contributed by atoms with Gasteiger partial charge in [-0.25, -0.2) is 14.2 Å². The van der Waals surface area contributed by atoms with Crippen LogP contribution in [0.3, 0.4) is 0 Å². The zero-order valence-electron chi connectivity index (χ0n) is 14.5. The number of Topliss-reactive ketones (excluding diaryl/α,β-unsaturated/α-hetero) is 1. The van der Waals surface area contributed by atoms with Crippen LogP contribution < -0.4 is 11.1 Å². The van der Waals surface area contributed by atoms with Crippen molar-refractivity contribution in [3.05, 3.63) is 41.2 Å². The van der Waals surface area contributed by atoms with Crippen LogP contribution in [0.15, 0.2) is 29.6 Å². The minimum Gasteiger partial charge on any atom is -0.481 e. The molecule has 0 saturated carbocycles. The summed E-state index contributed by atoms with van der Waals surface area (Å²) in [5.41, 5.74) is 6.26. The molecule has 1 heterocycles. The molecule has 2 aromatic rings. The van der Waals surface area contributed by atoms with Crippen LogP contribution in [-0.2, 0) is 16.0 Å². The summed E-state index contributed by atoms with van der Waals surface area (Å²) in [7, 11) is 0. The van der Waals surface area contributed by atoms with Gasteiger partial charge in [0.2, 0.25) is 0 Å². The van der Waals surface area contributed by atoms with Crippen LogP contribution >= 0.6 is 11.3 Å². The minimum absolute atomic E-state index is 0.0427. The molecule has 0 bridgehead atoms. The number of carboxylic acids is 1. The number of hydrogen-bond donors (Lipinski definition) is 3. The Labute approximate surface area is 159 Å². The number of carbonyl (C=O) groups is 3. The summed E-state index contributed by atoms with van der Waals surface area (Å²) in [5.74, 6) is -2.42. The fourth-order valence-corrected chi connectivity index (χ4v) is 3.36. The van der Waals surface area contributed by atoms with Crippen molar-refractivity contribution in [1.29, 1.82) is 0 Å². The summed E-state index contributed by atoms with van der Waals surface area (Å²) in [6.45, 7) is 0.264. The number of nitrogens with two attached hydrogens (primary N) is 1. The van der Waals surface area contributed by atoms with Crippen LogP contribution in [0.4, 0.5) is 9.18 Å². The van der Waals surface area contributed by atoms with Gasteiger partial charge in [-0.1, -0.05) is 0 Å². The van der Waals surface area contributed by atoms with Crippen molar-refractivity contribution in [2.75, 3.05) is 6.54 Å². The maximum Gasteiger partial charge on any atom is 0.312 e. The van der Waals surface area contributed by atoms with Gasteiger partial charge in [0.1, 0.15) is 16.6 Å². The number of ketones is 1. The molecule has 9 heteroatoms. The second-order valence-electron chi connectivity index (χ2n) is 6.04. The van der Waals surface area contributed by atoms with Crippen molar-refractivity contribution in [3.8, 4) is 10.6 Å². The number of carboxylic acid groups (broad SMARTS) is 1. The molecular formula is C18H20FN3O4S. The maximum atomic E-state index is 13.0. The number of carbonyl (C=O) groups excluding carboxylic acids is 2. The Morgan fingerprint density at radius 3 is 2.59 bits per heavy atom. The molecule has 0 saturated heterocycles. The molecule has 0 aliphatic carbocycles. The van der Waals surface area contributed by atoms with Crippen LogP contribution in [0.25, 0.3) is 10.6 Å². The fourth-order valence-electron chi connectivity index (χ4n) is 2.54. The number of nitrogens with zero attached hydrogens (tertiary/aromatic N) is 1. The van der Waals surface area contributed by atoms with Crippen molar-refractivity contribution in [1.82, 2.24) is 10.3 Å². The second-order valence-corrected chi connectivity index (χ2v) is 6.90. The van der Waals surface area contributed by atoms with E-state index in [1.165, 1.54) is 23.5 Å². The third kappa shape index (κ3) is 6.78. The number of thiazole rings is 1. The van der Waals surface area contributed by atoms with E-state index in [-0.39, 0.29) is 37.4 Å². The van der Waals surface area contributed by atoms with Crippen molar-refractivity contribution in [2.24, 2.45) is 11.7 Å². The van der Waals surface area contributed by atoms with Gasteiger partial charge in [-0.15, -0.1) is 11.3 Å². The average molecular weight is 393 g/mol. The van der Waals surface area contributed by atoms with Crippen molar-refractivity contribution in [2.45, 2.75) is 25.7 Å². The number of aliphatic carboxylic acids is 1. The Balaban J connectivity index is 1.88. The zero-order valence-corrected chi connectivity index (χ0v) is 15.3.